The van der Waals surface area contributed by atoms with Crippen molar-refractivity contribution in [3.63, 3.8) is 0 Å². The van der Waals surface area contributed by atoms with Gasteiger partial charge >= 0.3 is 6.03 Å². The zero-order chi connectivity index (χ0) is 19.2. The van der Waals surface area contributed by atoms with Gasteiger partial charge in [-0.3, -0.25) is 19.8 Å². The standard InChI is InChI=1S/C18H24N4O5/c1-2-19-18(25)20-16(23)11-21-7-9-22(10-8-21)17(24)15-12-26-13-5-3-4-6-14(13)27-15/h3-6,15H,2,7-12H2,1H3,(H2,19,20,23,25). The molecule has 0 bridgehead atoms. The quantitative estimate of drug-likeness (QED) is 0.756. The third-order valence-corrected chi connectivity index (χ3v) is 4.43. The van der Waals surface area contributed by atoms with Crippen LogP contribution < -0.4 is 20.1 Å². The molecule has 0 saturated carbocycles. The number of para-hydroxylation sites is 2. The fourth-order valence-corrected chi connectivity index (χ4v) is 3.05. The number of piperazine rings is 1. The van der Waals surface area contributed by atoms with Gasteiger partial charge in [0.2, 0.25) is 12.0 Å². The van der Waals surface area contributed by atoms with Gasteiger partial charge in [-0.2, -0.15) is 0 Å². The molecule has 2 aliphatic heterocycles. The Balaban J connectivity index is 1.44. The van der Waals surface area contributed by atoms with E-state index in [2.05, 4.69) is 10.6 Å². The smallest absolute Gasteiger partial charge is 0.321 e. The minimum atomic E-state index is -0.660. The lowest BCUT2D eigenvalue weighted by Crippen LogP contribution is -2.55. The third kappa shape index (κ3) is 4.88. The second-order valence-electron chi connectivity index (χ2n) is 6.37. The van der Waals surface area contributed by atoms with Crippen molar-refractivity contribution in [1.82, 2.24) is 20.4 Å². The number of benzene rings is 1. The SMILES string of the molecule is CCNC(=O)NC(=O)CN1CCN(C(=O)C2COc3ccccc3O2)CC1. The number of carbonyl (C=O) groups excluding carboxylic acids is 3. The molecule has 2 N–H and O–H groups in total. The van der Waals surface area contributed by atoms with Gasteiger partial charge in [-0.15, -0.1) is 0 Å². The Bertz CT molecular complexity index is 703. The van der Waals surface area contributed by atoms with E-state index in [1.165, 1.54) is 0 Å². The van der Waals surface area contributed by atoms with E-state index in [0.717, 1.165) is 0 Å². The predicted molar refractivity (Wildman–Crippen MR) is 96.6 cm³/mol. The van der Waals surface area contributed by atoms with E-state index in [9.17, 15) is 14.4 Å². The summed E-state index contributed by atoms with van der Waals surface area (Å²) in [4.78, 5) is 39.5. The minimum absolute atomic E-state index is 0.115. The van der Waals surface area contributed by atoms with Crippen molar-refractivity contribution in [3.05, 3.63) is 24.3 Å². The van der Waals surface area contributed by atoms with Crippen molar-refractivity contribution >= 4 is 17.8 Å². The first-order chi connectivity index (χ1) is 13.1. The highest BCUT2D eigenvalue weighted by Crippen LogP contribution is 2.31. The molecule has 1 fully saturated rings. The number of ether oxygens (including phenoxy) is 2. The molecule has 0 aromatic heterocycles. The number of fused-ring (bicyclic) bond motifs is 1. The Labute approximate surface area is 157 Å². The summed E-state index contributed by atoms with van der Waals surface area (Å²) in [6.07, 6.45) is -0.660. The average Bonchev–Trinajstić information content (AvgIpc) is 2.67. The molecule has 1 aromatic rings. The topological polar surface area (TPSA) is 100 Å². The zero-order valence-electron chi connectivity index (χ0n) is 15.3. The van der Waals surface area contributed by atoms with Gasteiger partial charge in [-0.25, -0.2) is 4.79 Å². The maximum absolute atomic E-state index is 12.7. The first kappa shape index (κ1) is 19.0. The Kier molecular flexibility index (Phi) is 6.12. The molecule has 3 rings (SSSR count). The maximum Gasteiger partial charge on any atom is 0.321 e. The van der Waals surface area contributed by atoms with Gasteiger partial charge in [0.1, 0.15) is 6.61 Å². The molecule has 1 atom stereocenters. The molecule has 2 heterocycles. The third-order valence-electron chi connectivity index (χ3n) is 4.43. The van der Waals surface area contributed by atoms with Crippen LogP contribution in [0, 0.1) is 0 Å². The van der Waals surface area contributed by atoms with Crippen LogP contribution in [-0.4, -0.2) is 79.6 Å². The molecule has 1 saturated heterocycles. The van der Waals surface area contributed by atoms with Gasteiger partial charge in [0, 0.05) is 32.7 Å². The number of carbonyl (C=O) groups is 3. The number of imide groups is 1. The summed E-state index contributed by atoms with van der Waals surface area (Å²) < 4.78 is 11.4. The number of nitrogens with one attached hydrogen (secondary N) is 2. The van der Waals surface area contributed by atoms with Crippen LogP contribution in [0.4, 0.5) is 4.79 Å². The number of hydrogen-bond acceptors (Lipinski definition) is 6. The Morgan fingerprint density at radius 1 is 1.11 bits per heavy atom. The Morgan fingerprint density at radius 3 is 2.52 bits per heavy atom. The van der Waals surface area contributed by atoms with Crippen molar-refractivity contribution in [2.75, 3.05) is 45.9 Å². The van der Waals surface area contributed by atoms with Crippen LogP contribution in [0.5, 0.6) is 11.5 Å². The zero-order valence-corrected chi connectivity index (χ0v) is 15.3. The van der Waals surface area contributed by atoms with E-state index >= 15 is 0 Å². The van der Waals surface area contributed by atoms with Crippen molar-refractivity contribution < 1.29 is 23.9 Å². The maximum atomic E-state index is 12.7. The van der Waals surface area contributed by atoms with Crippen LogP contribution in [0.2, 0.25) is 0 Å². The number of amides is 4. The highest BCUT2D eigenvalue weighted by atomic mass is 16.6. The van der Waals surface area contributed by atoms with Gasteiger partial charge < -0.3 is 19.7 Å². The molecule has 1 aromatic carbocycles. The first-order valence-electron chi connectivity index (χ1n) is 9.04. The van der Waals surface area contributed by atoms with Gasteiger partial charge in [-0.1, -0.05) is 12.1 Å². The lowest BCUT2D eigenvalue weighted by atomic mass is 10.2. The molecule has 27 heavy (non-hydrogen) atoms. The van der Waals surface area contributed by atoms with E-state index in [-0.39, 0.29) is 25.0 Å². The van der Waals surface area contributed by atoms with E-state index in [1.54, 1.807) is 24.0 Å². The second-order valence-corrected chi connectivity index (χ2v) is 6.37. The predicted octanol–water partition coefficient (Wildman–Crippen LogP) is -0.184. The number of rotatable bonds is 4. The van der Waals surface area contributed by atoms with Crippen molar-refractivity contribution in [3.8, 4) is 11.5 Å². The molecule has 0 radical (unpaired) electrons. The van der Waals surface area contributed by atoms with Gasteiger partial charge in [0.25, 0.3) is 5.91 Å². The second kappa shape index (κ2) is 8.72. The van der Waals surface area contributed by atoms with E-state index in [0.29, 0.717) is 44.2 Å². The van der Waals surface area contributed by atoms with Gasteiger partial charge in [-0.05, 0) is 19.1 Å². The van der Waals surface area contributed by atoms with Crippen LogP contribution in [0.25, 0.3) is 0 Å². The highest BCUT2D eigenvalue weighted by molar-refractivity contribution is 5.95. The van der Waals surface area contributed by atoms with Crippen LogP contribution in [0.1, 0.15) is 6.92 Å². The van der Waals surface area contributed by atoms with E-state index < -0.39 is 12.1 Å². The van der Waals surface area contributed by atoms with Crippen molar-refractivity contribution in [2.45, 2.75) is 13.0 Å². The Morgan fingerprint density at radius 2 is 1.81 bits per heavy atom. The molecule has 9 nitrogen and oxygen atoms in total. The molecule has 0 aliphatic carbocycles. The summed E-state index contributed by atoms with van der Waals surface area (Å²) >= 11 is 0. The Hall–Kier alpha value is -2.81. The average molecular weight is 376 g/mol. The monoisotopic (exact) mass is 376 g/mol. The van der Waals surface area contributed by atoms with Crippen molar-refractivity contribution in [1.29, 1.82) is 0 Å². The number of urea groups is 1. The number of hydrogen-bond donors (Lipinski definition) is 2. The molecule has 4 amide bonds. The van der Waals surface area contributed by atoms with Crippen LogP contribution >= 0.6 is 0 Å². The molecule has 0 spiro atoms. The fraction of sp³-hybridized carbons (Fsp3) is 0.500. The van der Waals surface area contributed by atoms with Crippen LogP contribution in [-0.2, 0) is 9.59 Å². The summed E-state index contributed by atoms with van der Waals surface area (Å²) in [6.45, 7) is 4.64. The largest absolute Gasteiger partial charge is 0.485 e. The summed E-state index contributed by atoms with van der Waals surface area (Å²) in [5.74, 6) is 0.740. The fourth-order valence-electron chi connectivity index (χ4n) is 3.05. The minimum Gasteiger partial charge on any atom is -0.485 e. The summed E-state index contributed by atoms with van der Waals surface area (Å²) in [5.41, 5.74) is 0. The normalized spacial score (nSPS) is 19.3. The van der Waals surface area contributed by atoms with Gasteiger partial charge in [0.15, 0.2) is 11.5 Å². The van der Waals surface area contributed by atoms with Crippen molar-refractivity contribution in [2.24, 2.45) is 0 Å². The van der Waals surface area contributed by atoms with Gasteiger partial charge in [0.05, 0.1) is 6.54 Å². The highest BCUT2D eigenvalue weighted by Gasteiger charge is 2.32. The summed E-state index contributed by atoms with van der Waals surface area (Å²) in [6, 6.07) is 6.78. The van der Waals surface area contributed by atoms with Crippen LogP contribution in [0.15, 0.2) is 24.3 Å². The lowest BCUT2D eigenvalue weighted by Gasteiger charge is -2.36. The van der Waals surface area contributed by atoms with E-state index in [1.807, 2.05) is 17.0 Å². The van der Waals surface area contributed by atoms with E-state index in [4.69, 9.17) is 9.47 Å². The first-order valence-corrected chi connectivity index (χ1v) is 9.04. The molecule has 2 aliphatic rings. The molecular formula is C18H24N4O5. The lowest BCUT2D eigenvalue weighted by molar-refractivity contribution is -0.143. The molecule has 1 unspecified atom stereocenters. The van der Waals surface area contributed by atoms with Crippen LogP contribution in [0.3, 0.4) is 0 Å². The summed E-state index contributed by atoms with van der Waals surface area (Å²) in [5, 5.41) is 4.79. The molecular weight excluding hydrogens is 352 g/mol. The molecule has 146 valence electrons. The molecule has 9 heteroatoms. The number of nitrogens with zero attached hydrogens (tertiary/aromatic N) is 2. The summed E-state index contributed by atoms with van der Waals surface area (Å²) in [7, 11) is 0.